The normalized spacial score (nSPS) is 11.8. The molecule has 0 aliphatic heterocycles. The molecule has 0 spiro atoms. The Morgan fingerprint density at radius 3 is 2.40 bits per heavy atom. The second-order valence-electron chi connectivity index (χ2n) is 6.27. The minimum atomic E-state index is -0.970. The van der Waals surface area contributed by atoms with Gasteiger partial charge in [-0.1, -0.05) is 31.2 Å². The van der Waals surface area contributed by atoms with Gasteiger partial charge in [0, 0.05) is 19.5 Å². The second-order valence-corrected chi connectivity index (χ2v) is 6.27. The van der Waals surface area contributed by atoms with E-state index in [0.29, 0.717) is 19.4 Å². The number of nitrogens with zero attached hydrogens (tertiary/aromatic N) is 1. The lowest BCUT2D eigenvalue weighted by atomic mass is 9.99. The minimum Gasteiger partial charge on any atom is -0.478 e. The molecule has 0 fully saturated rings. The van der Waals surface area contributed by atoms with E-state index in [9.17, 15) is 14.0 Å². The lowest BCUT2D eigenvalue weighted by molar-refractivity contribution is -0.134. The topological polar surface area (TPSA) is 57.6 Å². The van der Waals surface area contributed by atoms with E-state index in [1.54, 1.807) is 30.1 Å². The second kappa shape index (κ2) is 8.42. The lowest BCUT2D eigenvalue weighted by Crippen LogP contribution is -2.31. The molecule has 0 heterocycles. The fourth-order valence-corrected chi connectivity index (χ4v) is 2.68. The average molecular weight is 343 g/mol. The highest BCUT2D eigenvalue weighted by molar-refractivity contribution is 5.87. The molecule has 5 heteroatoms. The first-order chi connectivity index (χ1) is 11.9. The van der Waals surface area contributed by atoms with E-state index in [2.05, 4.69) is 0 Å². The van der Waals surface area contributed by atoms with Crippen LogP contribution in [0.1, 0.15) is 34.8 Å². The fraction of sp³-hybridized carbons (Fsp3) is 0.300. The summed E-state index contributed by atoms with van der Waals surface area (Å²) in [7, 11) is 1.73. The Morgan fingerprint density at radius 1 is 1.12 bits per heavy atom. The predicted octanol–water partition coefficient (Wildman–Crippen LogP) is 3.75. The Labute approximate surface area is 146 Å². The Hall–Kier alpha value is -2.69. The van der Waals surface area contributed by atoms with Crippen LogP contribution >= 0.6 is 0 Å². The van der Waals surface area contributed by atoms with Gasteiger partial charge in [0.1, 0.15) is 5.82 Å². The van der Waals surface area contributed by atoms with Gasteiger partial charge in [-0.25, -0.2) is 9.18 Å². The van der Waals surface area contributed by atoms with Crippen LogP contribution < -0.4 is 0 Å². The number of aromatic carboxylic acids is 1. The Kier molecular flexibility index (Phi) is 6.28. The van der Waals surface area contributed by atoms with Crippen molar-refractivity contribution in [3.05, 3.63) is 71.0 Å². The molecule has 0 aliphatic carbocycles. The van der Waals surface area contributed by atoms with Crippen molar-refractivity contribution in [3.8, 4) is 0 Å². The maximum Gasteiger partial charge on any atom is 0.335 e. The summed E-state index contributed by atoms with van der Waals surface area (Å²) < 4.78 is 13.2. The molecular formula is C20H22FNO3. The Morgan fingerprint density at radius 2 is 1.80 bits per heavy atom. The molecule has 0 saturated heterocycles. The third-order valence-corrected chi connectivity index (χ3v) is 4.17. The van der Waals surface area contributed by atoms with Gasteiger partial charge < -0.3 is 10.0 Å². The highest BCUT2D eigenvalue weighted by Gasteiger charge is 2.17. The van der Waals surface area contributed by atoms with Crippen LogP contribution in [-0.2, 0) is 17.8 Å². The summed E-state index contributed by atoms with van der Waals surface area (Å²) in [6.45, 7) is 2.29. The zero-order chi connectivity index (χ0) is 18.4. The van der Waals surface area contributed by atoms with Crippen LogP contribution in [0.25, 0.3) is 0 Å². The molecule has 25 heavy (non-hydrogen) atoms. The third kappa shape index (κ3) is 5.41. The van der Waals surface area contributed by atoms with Crippen molar-refractivity contribution in [1.29, 1.82) is 0 Å². The zero-order valence-corrected chi connectivity index (χ0v) is 14.4. The number of aryl methyl sites for hydroxylation is 1. The summed E-state index contributed by atoms with van der Waals surface area (Å²) in [5.41, 5.74) is 1.98. The van der Waals surface area contributed by atoms with Crippen molar-refractivity contribution in [2.75, 3.05) is 7.05 Å². The smallest absolute Gasteiger partial charge is 0.335 e. The first kappa shape index (κ1) is 18.6. The molecule has 0 aromatic heterocycles. The van der Waals surface area contributed by atoms with Crippen LogP contribution in [0.15, 0.2) is 48.5 Å². The maximum absolute atomic E-state index is 13.2. The molecule has 2 rings (SSSR count). The summed E-state index contributed by atoms with van der Waals surface area (Å²) in [6, 6.07) is 12.9. The van der Waals surface area contributed by atoms with E-state index in [1.807, 2.05) is 13.0 Å². The Bertz CT molecular complexity index is 743. The van der Waals surface area contributed by atoms with Crippen molar-refractivity contribution in [2.24, 2.45) is 5.92 Å². The van der Waals surface area contributed by atoms with E-state index in [-0.39, 0.29) is 23.2 Å². The summed E-state index contributed by atoms with van der Waals surface area (Å²) in [5.74, 6) is -1.40. The number of carbonyl (C=O) groups is 2. The molecule has 0 aliphatic rings. The van der Waals surface area contributed by atoms with Gasteiger partial charge in [-0.15, -0.1) is 0 Å². The molecule has 2 aromatic carbocycles. The van der Waals surface area contributed by atoms with Crippen LogP contribution in [0.5, 0.6) is 0 Å². The van der Waals surface area contributed by atoms with Gasteiger partial charge in [0.05, 0.1) is 5.56 Å². The minimum absolute atomic E-state index is 0.0127. The highest BCUT2D eigenvalue weighted by Crippen LogP contribution is 2.15. The van der Waals surface area contributed by atoms with E-state index in [0.717, 1.165) is 11.1 Å². The van der Waals surface area contributed by atoms with E-state index in [4.69, 9.17) is 5.11 Å². The van der Waals surface area contributed by atoms with Crippen LogP contribution in [0.2, 0.25) is 0 Å². The number of carboxylic acids is 1. The van der Waals surface area contributed by atoms with Gasteiger partial charge >= 0.3 is 5.97 Å². The largest absolute Gasteiger partial charge is 0.478 e. The van der Waals surface area contributed by atoms with Crippen molar-refractivity contribution in [2.45, 2.75) is 26.3 Å². The van der Waals surface area contributed by atoms with Crippen LogP contribution in [0.3, 0.4) is 0 Å². The van der Waals surface area contributed by atoms with E-state index < -0.39 is 5.97 Å². The molecule has 1 atom stereocenters. The number of carbonyl (C=O) groups excluding carboxylic acids is 1. The zero-order valence-electron chi connectivity index (χ0n) is 14.4. The fourth-order valence-electron chi connectivity index (χ4n) is 2.68. The predicted molar refractivity (Wildman–Crippen MR) is 93.8 cm³/mol. The lowest BCUT2D eigenvalue weighted by Gasteiger charge is -2.21. The molecule has 1 N–H and O–H groups in total. The van der Waals surface area contributed by atoms with Gasteiger partial charge in [0.2, 0.25) is 5.91 Å². The molecule has 0 radical (unpaired) electrons. The first-order valence-corrected chi connectivity index (χ1v) is 8.18. The van der Waals surface area contributed by atoms with Crippen molar-refractivity contribution < 1.29 is 19.1 Å². The molecule has 132 valence electrons. The first-order valence-electron chi connectivity index (χ1n) is 8.18. The Balaban J connectivity index is 1.88. The summed E-state index contributed by atoms with van der Waals surface area (Å²) in [5, 5.41) is 8.90. The molecular weight excluding hydrogens is 321 g/mol. The number of halogens is 1. The number of hydrogen-bond acceptors (Lipinski definition) is 2. The van der Waals surface area contributed by atoms with E-state index in [1.165, 1.54) is 24.3 Å². The average Bonchev–Trinajstić information content (AvgIpc) is 2.59. The number of carboxylic acid groups (broad SMARTS) is 1. The van der Waals surface area contributed by atoms with Crippen molar-refractivity contribution in [3.63, 3.8) is 0 Å². The number of rotatable bonds is 7. The van der Waals surface area contributed by atoms with Crippen molar-refractivity contribution >= 4 is 11.9 Å². The highest BCUT2D eigenvalue weighted by atomic mass is 19.1. The molecule has 4 nitrogen and oxygen atoms in total. The summed E-state index contributed by atoms with van der Waals surface area (Å²) >= 11 is 0. The molecule has 1 amide bonds. The summed E-state index contributed by atoms with van der Waals surface area (Å²) in [6.07, 6.45) is 1.29. The SMILES string of the molecule is CC(CCc1cccc(F)c1)C(=O)N(C)Cc1ccc(C(=O)O)cc1. The maximum atomic E-state index is 13.2. The van der Waals surface area contributed by atoms with Gasteiger partial charge in [-0.3, -0.25) is 4.79 Å². The van der Waals surface area contributed by atoms with E-state index >= 15 is 0 Å². The van der Waals surface area contributed by atoms with Crippen LogP contribution in [0.4, 0.5) is 4.39 Å². The monoisotopic (exact) mass is 343 g/mol. The van der Waals surface area contributed by atoms with Crippen LogP contribution in [-0.4, -0.2) is 28.9 Å². The number of benzene rings is 2. The molecule has 1 unspecified atom stereocenters. The summed E-state index contributed by atoms with van der Waals surface area (Å²) in [4.78, 5) is 25.0. The van der Waals surface area contributed by atoms with Crippen molar-refractivity contribution in [1.82, 2.24) is 4.90 Å². The number of hydrogen-bond donors (Lipinski definition) is 1. The van der Waals surface area contributed by atoms with Crippen LogP contribution in [0, 0.1) is 11.7 Å². The third-order valence-electron chi connectivity index (χ3n) is 4.17. The van der Waals surface area contributed by atoms with Gasteiger partial charge in [0.25, 0.3) is 0 Å². The van der Waals surface area contributed by atoms with Gasteiger partial charge in [0.15, 0.2) is 0 Å². The standard InChI is InChI=1S/C20H22FNO3/c1-14(6-7-15-4-3-5-18(21)12-15)19(23)22(2)13-16-8-10-17(11-9-16)20(24)25/h3-5,8-12,14H,6-7,13H2,1-2H3,(H,24,25). The van der Waals surface area contributed by atoms with Gasteiger partial charge in [-0.2, -0.15) is 0 Å². The van der Waals surface area contributed by atoms with Gasteiger partial charge in [-0.05, 0) is 48.2 Å². The molecule has 2 aromatic rings. The quantitative estimate of drug-likeness (QED) is 0.833. The molecule has 0 saturated carbocycles. The number of amides is 1. The molecule has 0 bridgehead atoms.